The van der Waals surface area contributed by atoms with Gasteiger partial charge in [0.15, 0.2) is 9.84 Å². The predicted molar refractivity (Wildman–Crippen MR) is 96.1 cm³/mol. The Kier molecular flexibility index (Phi) is 4.86. The zero-order valence-electron chi connectivity index (χ0n) is 14.6. The molecule has 2 fully saturated rings. The molecule has 1 aromatic carbocycles. The van der Waals surface area contributed by atoms with Crippen LogP contribution in [0.1, 0.15) is 30.9 Å². The molecule has 2 amide bonds. The van der Waals surface area contributed by atoms with E-state index in [1.54, 1.807) is 4.90 Å². The van der Waals surface area contributed by atoms with Gasteiger partial charge in [-0.2, -0.15) is 0 Å². The third-order valence-corrected chi connectivity index (χ3v) is 6.92. The molecule has 25 heavy (non-hydrogen) atoms. The molecule has 0 saturated carbocycles. The van der Waals surface area contributed by atoms with Crippen molar-refractivity contribution in [2.24, 2.45) is 5.92 Å². The molecule has 0 aliphatic carbocycles. The van der Waals surface area contributed by atoms with E-state index in [4.69, 9.17) is 0 Å². The highest BCUT2D eigenvalue weighted by Gasteiger charge is 2.42. The lowest BCUT2D eigenvalue weighted by Gasteiger charge is -2.23. The number of hydrogen-bond acceptors (Lipinski definition) is 4. The molecule has 2 atom stereocenters. The van der Waals surface area contributed by atoms with E-state index in [9.17, 15) is 18.0 Å². The van der Waals surface area contributed by atoms with Crippen LogP contribution in [0.5, 0.6) is 0 Å². The van der Waals surface area contributed by atoms with Crippen molar-refractivity contribution in [3.63, 3.8) is 0 Å². The summed E-state index contributed by atoms with van der Waals surface area (Å²) in [5.74, 6) is -0.574. The lowest BCUT2D eigenvalue weighted by atomic mass is 10.0. The SMILES string of the molecule is CCc1cccc(C)c1NC(=O)C1CC(=O)N(C2CCS(=O)(=O)C2)C1. The number of aryl methyl sites for hydroxylation is 2. The van der Waals surface area contributed by atoms with E-state index in [1.165, 1.54) is 0 Å². The summed E-state index contributed by atoms with van der Waals surface area (Å²) in [6.45, 7) is 4.29. The van der Waals surface area contributed by atoms with Gasteiger partial charge in [0.1, 0.15) is 0 Å². The summed E-state index contributed by atoms with van der Waals surface area (Å²) in [7, 11) is -3.05. The minimum Gasteiger partial charge on any atom is -0.338 e. The first-order valence-electron chi connectivity index (χ1n) is 8.70. The number of anilines is 1. The van der Waals surface area contributed by atoms with E-state index in [0.29, 0.717) is 13.0 Å². The molecule has 6 nitrogen and oxygen atoms in total. The second-order valence-corrected chi connectivity index (χ2v) is 9.18. The summed E-state index contributed by atoms with van der Waals surface area (Å²) in [5, 5.41) is 2.98. The first-order chi connectivity index (χ1) is 11.8. The quantitative estimate of drug-likeness (QED) is 0.878. The molecule has 7 heteroatoms. The van der Waals surface area contributed by atoms with Gasteiger partial charge in [0, 0.05) is 24.7 Å². The normalized spacial score (nSPS) is 25.4. The molecule has 2 aliphatic heterocycles. The molecule has 2 heterocycles. The summed E-state index contributed by atoms with van der Waals surface area (Å²) >= 11 is 0. The van der Waals surface area contributed by atoms with Gasteiger partial charge in [-0.25, -0.2) is 8.42 Å². The fourth-order valence-corrected chi connectivity index (χ4v) is 5.44. The Morgan fingerprint density at radius 3 is 2.76 bits per heavy atom. The maximum absolute atomic E-state index is 12.7. The number of carbonyl (C=O) groups is 2. The summed E-state index contributed by atoms with van der Waals surface area (Å²) in [4.78, 5) is 26.5. The van der Waals surface area contributed by atoms with E-state index >= 15 is 0 Å². The molecule has 1 N–H and O–H groups in total. The fraction of sp³-hybridized carbons (Fsp3) is 0.556. The van der Waals surface area contributed by atoms with Crippen molar-refractivity contribution < 1.29 is 18.0 Å². The third-order valence-electron chi connectivity index (χ3n) is 5.17. The van der Waals surface area contributed by atoms with Gasteiger partial charge in [0.25, 0.3) is 0 Å². The van der Waals surface area contributed by atoms with Crippen LogP contribution in [0.4, 0.5) is 5.69 Å². The van der Waals surface area contributed by atoms with Crippen molar-refractivity contribution >= 4 is 27.3 Å². The van der Waals surface area contributed by atoms with Gasteiger partial charge < -0.3 is 10.2 Å². The van der Waals surface area contributed by atoms with Crippen molar-refractivity contribution in [1.82, 2.24) is 4.90 Å². The zero-order chi connectivity index (χ0) is 18.2. The lowest BCUT2D eigenvalue weighted by Crippen LogP contribution is -2.38. The first kappa shape index (κ1) is 17.9. The first-order valence-corrected chi connectivity index (χ1v) is 10.5. The van der Waals surface area contributed by atoms with E-state index in [1.807, 2.05) is 32.0 Å². The Labute approximate surface area is 148 Å². The maximum atomic E-state index is 12.7. The number of nitrogens with zero attached hydrogens (tertiary/aromatic N) is 1. The Balaban J connectivity index is 1.70. The Hall–Kier alpha value is -1.89. The van der Waals surface area contributed by atoms with Crippen LogP contribution in [-0.2, 0) is 25.8 Å². The predicted octanol–water partition coefficient (Wildman–Crippen LogP) is 1.53. The highest BCUT2D eigenvalue weighted by molar-refractivity contribution is 7.91. The topological polar surface area (TPSA) is 83.6 Å². The number of carbonyl (C=O) groups excluding carboxylic acids is 2. The molecular formula is C18H24N2O4S. The monoisotopic (exact) mass is 364 g/mol. The number of benzene rings is 1. The molecule has 2 unspecified atom stereocenters. The van der Waals surface area contributed by atoms with Crippen molar-refractivity contribution in [3.8, 4) is 0 Å². The molecule has 0 bridgehead atoms. The molecule has 3 rings (SSSR count). The largest absolute Gasteiger partial charge is 0.338 e. The molecule has 0 aromatic heterocycles. The van der Waals surface area contributed by atoms with Crippen molar-refractivity contribution in [1.29, 1.82) is 0 Å². The molecule has 2 aliphatic rings. The molecule has 0 radical (unpaired) electrons. The van der Waals surface area contributed by atoms with Crippen LogP contribution in [0.3, 0.4) is 0 Å². The Morgan fingerprint density at radius 1 is 1.36 bits per heavy atom. The lowest BCUT2D eigenvalue weighted by molar-refractivity contribution is -0.129. The average molecular weight is 364 g/mol. The standard InChI is InChI=1S/C18H24N2O4S/c1-3-13-6-4-5-12(2)17(13)19-18(22)14-9-16(21)20(10-14)15-7-8-25(23,24)11-15/h4-6,14-15H,3,7-11H2,1-2H3,(H,19,22). The molecule has 0 spiro atoms. The molecular weight excluding hydrogens is 340 g/mol. The second-order valence-electron chi connectivity index (χ2n) is 6.96. The van der Waals surface area contributed by atoms with Gasteiger partial charge in [-0.05, 0) is 30.9 Å². The number of nitrogens with one attached hydrogen (secondary N) is 1. The highest BCUT2D eigenvalue weighted by Crippen LogP contribution is 2.28. The van der Waals surface area contributed by atoms with Crippen molar-refractivity contribution in [2.75, 3.05) is 23.4 Å². The number of likely N-dealkylation sites (tertiary alicyclic amines) is 1. The van der Waals surface area contributed by atoms with Crippen LogP contribution in [0.2, 0.25) is 0 Å². The number of hydrogen-bond donors (Lipinski definition) is 1. The zero-order valence-corrected chi connectivity index (χ0v) is 15.4. The van der Waals surface area contributed by atoms with Gasteiger partial charge in [0.2, 0.25) is 11.8 Å². The van der Waals surface area contributed by atoms with Gasteiger partial charge in [-0.15, -0.1) is 0 Å². The summed E-state index contributed by atoms with van der Waals surface area (Å²) in [5.41, 5.74) is 2.89. The van der Waals surface area contributed by atoms with Gasteiger partial charge in [-0.1, -0.05) is 25.1 Å². The van der Waals surface area contributed by atoms with Crippen LogP contribution in [0.25, 0.3) is 0 Å². The third kappa shape index (κ3) is 3.71. The number of amides is 2. The Bertz CT molecular complexity index is 803. The molecule has 136 valence electrons. The van der Waals surface area contributed by atoms with E-state index < -0.39 is 15.8 Å². The van der Waals surface area contributed by atoms with Crippen molar-refractivity contribution in [2.45, 2.75) is 39.2 Å². The summed E-state index contributed by atoms with van der Waals surface area (Å²) in [6, 6.07) is 5.62. The summed E-state index contributed by atoms with van der Waals surface area (Å²) < 4.78 is 23.3. The minimum atomic E-state index is -3.05. The van der Waals surface area contributed by atoms with E-state index in [-0.39, 0.29) is 35.8 Å². The van der Waals surface area contributed by atoms with E-state index in [2.05, 4.69) is 5.32 Å². The fourth-order valence-electron chi connectivity index (χ4n) is 3.71. The number of rotatable bonds is 4. The average Bonchev–Trinajstić information content (AvgIpc) is 3.11. The molecule has 2 saturated heterocycles. The molecule has 1 aromatic rings. The second kappa shape index (κ2) is 6.78. The van der Waals surface area contributed by atoms with Crippen molar-refractivity contribution in [3.05, 3.63) is 29.3 Å². The van der Waals surface area contributed by atoms with Crippen LogP contribution < -0.4 is 5.32 Å². The highest BCUT2D eigenvalue weighted by atomic mass is 32.2. The van der Waals surface area contributed by atoms with Crippen LogP contribution in [-0.4, -0.2) is 49.2 Å². The minimum absolute atomic E-state index is 0.0187. The van der Waals surface area contributed by atoms with Gasteiger partial charge in [-0.3, -0.25) is 9.59 Å². The smallest absolute Gasteiger partial charge is 0.229 e. The van der Waals surface area contributed by atoms with E-state index in [0.717, 1.165) is 23.2 Å². The number of sulfone groups is 1. The Morgan fingerprint density at radius 2 is 2.12 bits per heavy atom. The van der Waals surface area contributed by atoms with Gasteiger partial charge in [0.05, 0.1) is 17.4 Å². The maximum Gasteiger partial charge on any atom is 0.229 e. The summed E-state index contributed by atoms with van der Waals surface area (Å²) in [6.07, 6.45) is 1.43. The van der Waals surface area contributed by atoms with Crippen LogP contribution in [0, 0.1) is 12.8 Å². The number of para-hydroxylation sites is 1. The van der Waals surface area contributed by atoms with Gasteiger partial charge >= 0.3 is 0 Å². The van der Waals surface area contributed by atoms with Crippen LogP contribution >= 0.6 is 0 Å². The van der Waals surface area contributed by atoms with Crippen LogP contribution in [0.15, 0.2) is 18.2 Å².